The lowest BCUT2D eigenvalue weighted by atomic mass is 10.0. The summed E-state index contributed by atoms with van der Waals surface area (Å²) >= 11 is 0. The van der Waals surface area contributed by atoms with Crippen molar-refractivity contribution in [1.29, 1.82) is 0 Å². The topological polar surface area (TPSA) is 52.6 Å². The molecule has 1 aromatic carbocycles. The number of nitrogens with one attached hydrogen (secondary N) is 1. The van der Waals surface area contributed by atoms with E-state index in [0.29, 0.717) is 12.3 Å². The van der Waals surface area contributed by atoms with Gasteiger partial charge in [0, 0.05) is 31.1 Å². The predicted molar refractivity (Wildman–Crippen MR) is 77.1 cm³/mol. The zero-order valence-electron chi connectivity index (χ0n) is 12.4. The first kappa shape index (κ1) is 15.5. The molecule has 1 rings (SSSR count). The lowest BCUT2D eigenvalue weighted by Gasteiger charge is -2.28. The van der Waals surface area contributed by atoms with Crippen LogP contribution in [0.4, 0.5) is 0 Å². The Hall–Kier alpha value is -1.55. The second-order valence-corrected chi connectivity index (χ2v) is 5.19. The summed E-state index contributed by atoms with van der Waals surface area (Å²) in [6.07, 6.45) is 0. The van der Waals surface area contributed by atoms with Crippen LogP contribution in [-0.2, 0) is 4.79 Å². The maximum absolute atomic E-state index is 11.5. The molecule has 0 bridgehead atoms. The number of carbonyl (C=O) groups is 1. The van der Waals surface area contributed by atoms with Gasteiger partial charge in [-0.2, -0.15) is 0 Å². The molecule has 0 aliphatic rings. The molecule has 1 aromatic rings. The van der Waals surface area contributed by atoms with Crippen LogP contribution in [0.25, 0.3) is 0 Å². The van der Waals surface area contributed by atoms with Crippen LogP contribution in [-0.4, -0.2) is 36.6 Å². The third kappa shape index (κ3) is 3.96. The first-order valence-electron chi connectivity index (χ1n) is 6.58. The van der Waals surface area contributed by atoms with Crippen LogP contribution in [0.15, 0.2) is 18.2 Å². The zero-order valence-corrected chi connectivity index (χ0v) is 12.4. The molecule has 1 amide bonds. The second-order valence-electron chi connectivity index (χ2n) is 5.19. The number of rotatable bonds is 5. The van der Waals surface area contributed by atoms with E-state index in [1.807, 2.05) is 40.0 Å². The monoisotopic (exact) mass is 264 g/mol. The first-order chi connectivity index (χ1) is 8.86. The van der Waals surface area contributed by atoms with Gasteiger partial charge in [-0.15, -0.1) is 0 Å². The summed E-state index contributed by atoms with van der Waals surface area (Å²) in [6, 6.07) is 5.66. The van der Waals surface area contributed by atoms with E-state index in [0.717, 1.165) is 11.1 Å². The van der Waals surface area contributed by atoms with E-state index in [1.165, 1.54) is 0 Å². The number of hydrogen-bond donors (Lipinski definition) is 2. The highest BCUT2D eigenvalue weighted by Crippen LogP contribution is 2.28. The number of phenols is 1. The minimum Gasteiger partial charge on any atom is -0.508 e. The summed E-state index contributed by atoms with van der Waals surface area (Å²) in [4.78, 5) is 13.6. The number of hydrogen-bond acceptors (Lipinski definition) is 3. The van der Waals surface area contributed by atoms with Gasteiger partial charge in [0.15, 0.2) is 0 Å². The Balaban J connectivity index is 2.79. The first-order valence-corrected chi connectivity index (χ1v) is 6.58. The molecule has 19 heavy (non-hydrogen) atoms. The minimum atomic E-state index is -0.0793. The molecule has 2 unspecified atom stereocenters. The molecule has 2 N–H and O–H groups in total. The second kappa shape index (κ2) is 6.57. The minimum absolute atomic E-state index is 0.0347. The Bertz CT molecular complexity index is 446. The van der Waals surface area contributed by atoms with Crippen molar-refractivity contribution in [2.45, 2.75) is 26.8 Å². The van der Waals surface area contributed by atoms with Gasteiger partial charge in [0.25, 0.3) is 0 Å². The van der Waals surface area contributed by atoms with Gasteiger partial charge in [-0.1, -0.05) is 24.6 Å². The molecule has 4 heteroatoms. The van der Waals surface area contributed by atoms with E-state index in [4.69, 9.17) is 0 Å². The van der Waals surface area contributed by atoms with Crippen LogP contribution in [0, 0.1) is 12.8 Å². The predicted octanol–water partition coefficient (Wildman–Crippen LogP) is 2.08. The number of phenolic OH excluding ortho intramolecular Hbond substituents is 1. The van der Waals surface area contributed by atoms with E-state index in [-0.39, 0.29) is 17.9 Å². The molecule has 2 atom stereocenters. The van der Waals surface area contributed by atoms with E-state index in [1.54, 1.807) is 13.1 Å². The molecule has 0 saturated heterocycles. The Morgan fingerprint density at radius 2 is 2.05 bits per heavy atom. The maximum atomic E-state index is 11.5. The van der Waals surface area contributed by atoms with E-state index >= 15 is 0 Å². The van der Waals surface area contributed by atoms with Crippen molar-refractivity contribution in [3.63, 3.8) is 0 Å². The highest BCUT2D eigenvalue weighted by Gasteiger charge is 2.20. The van der Waals surface area contributed by atoms with Crippen molar-refractivity contribution in [3.8, 4) is 5.75 Å². The van der Waals surface area contributed by atoms with Crippen molar-refractivity contribution < 1.29 is 9.90 Å². The highest BCUT2D eigenvalue weighted by molar-refractivity contribution is 5.78. The van der Waals surface area contributed by atoms with Gasteiger partial charge >= 0.3 is 0 Å². The van der Waals surface area contributed by atoms with Crippen molar-refractivity contribution in [1.82, 2.24) is 10.2 Å². The van der Waals surface area contributed by atoms with Gasteiger partial charge in [-0.3, -0.25) is 9.69 Å². The van der Waals surface area contributed by atoms with Crippen molar-refractivity contribution in [2.24, 2.45) is 5.92 Å². The normalized spacial score (nSPS) is 14.2. The molecule has 0 aromatic heterocycles. The molecule has 0 saturated carbocycles. The summed E-state index contributed by atoms with van der Waals surface area (Å²) < 4.78 is 0. The average Bonchev–Trinajstić information content (AvgIpc) is 2.39. The molecule has 0 heterocycles. The van der Waals surface area contributed by atoms with Crippen LogP contribution in [0.5, 0.6) is 5.75 Å². The fourth-order valence-electron chi connectivity index (χ4n) is 2.17. The maximum Gasteiger partial charge on any atom is 0.223 e. The van der Waals surface area contributed by atoms with Crippen LogP contribution in [0.1, 0.15) is 31.0 Å². The standard InChI is InChI=1S/C15H24N2O2/c1-10-6-7-14(18)13(8-10)12(3)17(5)9-11(2)15(19)16-4/h6-8,11-12,18H,9H2,1-5H3,(H,16,19). The van der Waals surface area contributed by atoms with Gasteiger partial charge in [0.2, 0.25) is 5.91 Å². The summed E-state index contributed by atoms with van der Waals surface area (Å²) in [5, 5.41) is 12.6. The summed E-state index contributed by atoms with van der Waals surface area (Å²) in [5.74, 6) is 0.259. The van der Waals surface area contributed by atoms with Gasteiger partial charge < -0.3 is 10.4 Å². The molecular weight excluding hydrogens is 240 g/mol. The lowest BCUT2D eigenvalue weighted by Crippen LogP contribution is -2.35. The van der Waals surface area contributed by atoms with E-state index < -0.39 is 0 Å². The number of aromatic hydroxyl groups is 1. The molecular formula is C15H24N2O2. The summed E-state index contributed by atoms with van der Waals surface area (Å²) in [7, 11) is 3.61. The van der Waals surface area contributed by atoms with Crippen LogP contribution in [0.2, 0.25) is 0 Å². The summed E-state index contributed by atoms with van der Waals surface area (Å²) in [5.41, 5.74) is 2.01. The smallest absolute Gasteiger partial charge is 0.223 e. The van der Waals surface area contributed by atoms with Gasteiger partial charge in [-0.05, 0) is 27.0 Å². The largest absolute Gasteiger partial charge is 0.508 e. The molecule has 0 spiro atoms. The van der Waals surface area contributed by atoms with E-state index in [9.17, 15) is 9.90 Å². The fourth-order valence-corrected chi connectivity index (χ4v) is 2.17. The van der Waals surface area contributed by atoms with Crippen LogP contribution >= 0.6 is 0 Å². The third-order valence-electron chi connectivity index (χ3n) is 3.55. The summed E-state index contributed by atoms with van der Waals surface area (Å²) in [6.45, 7) is 6.58. The van der Waals surface area contributed by atoms with Crippen molar-refractivity contribution in [3.05, 3.63) is 29.3 Å². The molecule has 4 nitrogen and oxygen atoms in total. The SMILES string of the molecule is CNC(=O)C(C)CN(C)C(C)c1cc(C)ccc1O. The van der Waals surface area contributed by atoms with Gasteiger partial charge in [0.1, 0.15) is 5.75 Å². The lowest BCUT2D eigenvalue weighted by molar-refractivity contribution is -0.124. The number of amides is 1. The van der Waals surface area contributed by atoms with Crippen molar-refractivity contribution in [2.75, 3.05) is 20.6 Å². The Kier molecular flexibility index (Phi) is 5.36. The number of carbonyl (C=O) groups excluding carboxylic acids is 1. The Labute approximate surface area is 115 Å². The molecule has 0 aliphatic heterocycles. The molecule has 0 radical (unpaired) electrons. The van der Waals surface area contributed by atoms with Gasteiger partial charge in [0.05, 0.1) is 0 Å². The Morgan fingerprint density at radius 1 is 1.42 bits per heavy atom. The van der Waals surface area contributed by atoms with Gasteiger partial charge in [-0.25, -0.2) is 0 Å². The quantitative estimate of drug-likeness (QED) is 0.856. The number of nitrogens with zero attached hydrogens (tertiary/aromatic N) is 1. The third-order valence-corrected chi connectivity index (χ3v) is 3.55. The highest BCUT2D eigenvalue weighted by atomic mass is 16.3. The Morgan fingerprint density at radius 3 is 2.63 bits per heavy atom. The molecule has 106 valence electrons. The molecule has 0 aliphatic carbocycles. The zero-order chi connectivity index (χ0) is 14.6. The van der Waals surface area contributed by atoms with Crippen molar-refractivity contribution >= 4 is 5.91 Å². The van der Waals surface area contributed by atoms with E-state index in [2.05, 4.69) is 10.2 Å². The van der Waals surface area contributed by atoms with Crippen LogP contribution in [0.3, 0.4) is 0 Å². The average molecular weight is 264 g/mol. The molecule has 0 fully saturated rings. The van der Waals surface area contributed by atoms with Crippen LogP contribution < -0.4 is 5.32 Å². The fraction of sp³-hybridized carbons (Fsp3) is 0.533. The number of benzene rings is 1. The number of aryl methyl sites for hydroxylation is 1.